The molecule has 0 saturated carbocycles. The van der Waals surface area contributed by atoms with E-state index in [-0.39, 0.29) is 18.2 Å². The molecule has 0 atom stereocenters. The molecule has 0 spiro atoms. The Kier molecular flexibility index (Phi) is 3.53. The molecule has 2 aromatic rings. The Balaban J connectivity index is 2.10. The predicted molar refractivity (Wildman–Crippen MR) is 64.9 cm³/mol. The molecule has 0 radical (unpaired) electrons. The minimum Gasteiger partial charge on any atom is -0.484 e. The topological polar surface area (TPSA) is 47.0 Å². The van der Waals surface area contributed by atoms with Crippen molar-refractivity contribution < 1.29 is 9.13 Å². The van der Waals surface area contributed by atoms with E-state index < -0.39 is 0 Å². The first-order chi connectivity index (χ1) is 8.22. The van der Waals surface area contributed by atoms with Gasteiger partial charge in [-0.1, -0.05) is 16.6 Å². The van der Waals surface area contributed by atoms with Gasteiger partial charge in [0.05, 0.1) is 0 Å². The van der Waals surface area contributed by atoms with Crippen LogP contribution in [0.15, 0.2) is 18.2 Å². The molecule has 0 fully saturated rings. The highest BCUT2D eigenvalue weighted by Crippen LogP contribution is 2.23. The molecule has 0 bridgehead atoms. The molecule has 0 aliphatic heterocycles. The molecule has 6 heteroatoms. The molecule has 0 aliphatic rings. The van der Waals surface area contributed by atoms with Gasteiger partial charge in [0.15, 0.2) is 11.6 Å². The predicted octanol–water partition coefficient (Wildman–Crippen LogP) is 2.61. The van der Waals surface area contributed by atoms with Crippen molar-refractivity contribution >= 4 is 16.5 Å². The van der Waals surface area contributed by atoms with Crippen LogP contribution in [0.25, 0.3) is 0 Å². The second-order valence-electron chi connectivity index (χ2n) is 3.47. The summed E-state index contributed by atoms with van der Waals surface area (Å²) < 4.78 is 22.8. The second-order valence-corrected chi connectivity index (χ2v) is 4.23. The van der Waals surface area contributed by atoms with Crippen molar-refractivity contribution in [2.45, 2.75) is 13.5 Å². The van der Waals surface area contributed by atoms with Crippen molar-refractivity contribution in [2.24, 2.45) is 0 Å². The number of rotatable bonds is 4. The molecule has 0 aliphatic carbocycles. The van der Waals surface area contributed by atoms with Crippen LogP contribution in [-0.4, -0.2) is 16.6 Å². The Morgan fingerprint density at radius 2 is 2.29 bits per heavy atom. The third-order valence-corrected chi connectivity index (χ3v) is 3.09. The molecule has 90 valence electrons. The Bertz CT molecular complexity index is 515. The number of halogens is 1. The van der Waals surface area contributed by atoms with Crippen LogP contribution >= 0.6 is 11.5 Å². The third kappa shape index (κ3) is 2.52. The average Bonchev–Trinajstić information content (AvgIpc) is 2.78. The van der Waals surface area contributed by atoms with E-state index in [1.807, 2.05) is 0 Å². The van der Waals surface area contributed by atoms with Crippen LogP contribution in [0.4, 0.5) is 9.39 Å². The molecular formula is C11H12FN3OS. The van der Waals surface area contributed by atoms with Crippen molar-refractivity contribution in [3.05, 3.63) is 35.3 Å². The maximum Gasteiger partial charge on any atom is 0.167 e. The largest absolute Gasteiger partial charge is 0.484 e. The van der Waals surface area contributed by atoms with Gasteiger partial charge in [-0.3, -0.25) is 0 Å². The minimum atomic E-state index is -0.332. The van der Waals surface area contributed by atoms with Crippen LogP contribution in [0.5, 0.6) is 5.75 Å². The quantitative estimate of drug-likeness (QED) is 0.909. The fourth-order valence-electron chi connectivity index (χ4n) is 1.37. The van der Waals surface area contributed by atoms with Crippen LogP contribution < -0.4 is 10.1 Å². The average molecular weight is 253 g/mol. The minimum absolute atomic E-state index is 0.201. The van der Waals surface area contributed by atoms with Gasteiger partial charge in [-0.15, -0.1) is 5.10 Å². The Labute approximate surface area is 103 Å². The van der Waals surface area contributed by atoms with Crippen LogP contribution in [0.1, 0.15) is 11.3 Å². The number of nitrogens with one attached hydrogen (secondary N) is 1. The molecule has 1 aromatic carbocycles. The normalized spacial score (nSPS) is 10.3. The summed E-state index contributed by atoms with van der Waals surface area (Å²) in [6, 6.07) is 5.05. The SMILES string of the molecule is CNc1snnc1COc1cccc(C)c1F. The van der Waals surface area contributed by atoms with Crippen molar-refractivity contribution in [2.75, 3.05) is 12.4 Å². The van der Waals surface area contributed by atoms with E-state index in [0.29, 0.717) is 11.3 Å². The van der Waals surface area contributed by atoms with E-state index in [4.69, 9.17) is 4.74 Å². The first kappa shape index (κ1) is 11.8. The van der Waals surface area contributed by atoms with Crippen LogP contribution in [0.2, 0.25) is 0 Å². The smallest absolute Gasteiger partial charge is 0.167 e. The van der Waals surface area contributed by atoms with E-state index in [1.165, 1.54) is 11.5 Å². The summed E-state index contributed by atoms with van der Waals surface area (Å²) in [5, 5.41) is 7.70. The number of anilines is 1. The summed E-state index contributed by atoms with van der Waals surface area (Å²) in [6.45, 7) is 1.90. The number of hydrogen-bond donors (Lipinski definition) is 1. The van der Waals surface area contributed by atoms with Gasteiger partial charge in [0.2, 0.25) is 0 Å². The monoisotopic (exact) mass is 253 g/mol. The van der Waals surface area contributed by atoms with Crippen LogP contribution in [-0.2, 0) is 6.61 Å². The number of hydrogen-bond acceptors (Lipinski definition) is 5. The number of ether oxygens (including phenoxy) is 1. The molecule has 1 N–H and O–H groups in total. The molecule has 4 nitrogen and oxygen atoms in total. The lowest BCUT2D eigenvalue weighted by atomic mass is 10.2. The summed E-state index contributed by atoms with van der Waals surface area (Å²) in [5.74, 6) is -0.0956. The van der Waals surface area contributed by atoms with Crippen molar-refractivity contribution in [3.63, 3.8) is 0 Å². The molecule has 0 saturated heterocycles. The van der Waals surface area contributed by atoms with E-state index in [1.54, 1.807) is 32.2 Å². The highest BCUT2D eigenvalue weighted by molar-refractivity contribution is 7.10. The summed E-state index contributed by atoms with van der Waals surface area (Å²) in [5.41, 5.74) is 1.24. The van der Waals surface area contributed by atoms with Gasteiger partial charge in [0.1, 0.15) is 17.3 Å². The summed E-state index contributed by atoms with van der Waals surface area (Å²) in [7, 11) is 1.78. The second kappa shape index (κ2) is 5.09. The molecule has 2 rings (SSSR count). The zero-order chi connectivity index (χ0) is 12.3. The summed E-state index contributed by atoms with van der Waals surface area (Å²) in [6.07, 6.45) is 0. The third-order valence-electron chi connectivity index (χ3n) is 2.30. The summed E-state index contributed by atoms with van der Waals surface area (Å²) >= 11 is 1.25. The molecule has 17 heavy (non-hydrogen) atoms. The standard InChI is InChI=1S/C11H12FN3OS/c1-7-4-3-5-9(10(7)12)16-6-8-11(13-2)17-15-14-8/h3-5,13H,6H2,1-2H3. The van der Waals surface area contributed by atoms with E-state index in [0.717, 1.165) is 5.00 Å². The van der Waals surface area contributed by atoms with Gasteiger partial charge < -0.3 is 10.1 Å². The lowest BCUT2D eigenvalue weighted by Gasteiger charge is -2.07. The van der Waals surface area contributed by atoms with Crippen LogP contribution in [0.3, 0.4) is 0 Å². The molecule has 0 unspecified atom stereocenters. The van der Waals surface area contributed by atoms with Gasteiger partial charge in [-0.05, 0) is 18.6 Å². The maximum atomic E-state index is 13.6. The van der Waals surface area contributed by atoms with Crippen LogP contribution in [0, 0.1) is 12.7 Å². The van der Waals surface area contributed by atoms with Gasteiger partial charge in [0.25, 0.3) is 0 Å². The van der Waals surface area contributed by atoms with Crippen molar-refractivity contribution in [3.8, 4) is 5.75 Å². The first-order valence-electron chi connectivity index (χ1n) is 5.09. The number of nitrogens with zero attached hydrogens (tertiary/aromatic N) is 2. The zero-order valence-corrected chi connectivity index (χ0v) is 10.3. The van der Waals surface area contributed by atoms with E-state index in [2.05, 4.69) is 14.9 Å². The van der Waals surface area contributed by atoms with Crippen molar-refractivity contribution in [1.29, 1.82) is 0 Å². The van der Waals surface area contributed by atoms with Gasteiger partial charge >= 0.3 is 0 Å². The number of aryl methyl sites for hydroxylation is 1. The van der Waals surface area contributed by atoms with E-state index in [9.17, 15) is 4.39 Å². The molecule has 0 amide bonds. The fraction of sp³-hybridized carbons (Fsp3) is 0.273. The maximum absolute atomic E-state index is 13.6. The Morgan fingerprint density at radius 1 is 1.47 bits per heavy atom. The highest BCUT2D eigenvalue weighted by Gasteiger charge is 2.10. The highest BCUT2D eigenvalue weighted by atomic mass is 32.1. The Hall–Kier alpha value is -1.69. The Morgan fingerprint density at radius 3 is 3.06 bits per heavy atom. The van der Waals surface area contributed by atoms with Gasteiger partial charge in [-0.2, -0.15) is 0 Å². The van der Waals surface area contributed by atoms with Crippen molar-refractivity contribution in [1.82, 2.24) is 9.59 Å². The molecule has 1 heterocycles. The molecular weight excluding hydrogens is 241 g/mol. The summed E-state index contributed by atoms with van der Waals surface area (Å²) in [4.78, 5) is 0. The zero-order valence-electron chi connectivity index (χ0n) is 9.53. The van der Waals surface area contributed by atoms with Gasteiger partial charge in [0, 0.05) is 18.6 Å². The number of benzene rings is 1. The first-order valence-corrected chi connectivity index (χ1v) is 5.86. The van der Waals surface area contributed by atoms with E-state index >= 15 is 0 Å². The van der Waals surface area contributed by atoms with Gasteiger partial charge in [-0.25, -0.2) is 4.39 Å². The molecule has 1 aromatic heterocycles. The lowest BCUT2D eigenvalue weighted by molar-refractivity contribution is 0.285. The fourth-order valence-corrected chi connectivity index (χ4v) is 1.89. The lowest BCUT2D eigenvalue weighted by Crippen LogP contribution is -2.01. The number of aromatic nitrogens is 2.